The molecule has 0 spiro atoms. The maximum absolute atomic E-state index is 12.0. The van der Waals surface area contributed by atoms with E-state index < -0.39 is 37.2 Å². The molecular weight excluding hydrogens is 217 g/mol. The highest BCUT2D eigenvalue weighted by Crippen LogP contribution is 2.16. The van der Waals surface area contributed by atoms with Gasteiger partial charge >= 0.3 is 12.1 Å². The number of nitrogens with two attached hydrogens (primary N) is 1. The second-order valence-electron chi connectivity index (χ2n) is 2.99. The van der Waals surface area contributed by atoms with Gasteiger partial charge in [-0.25, -0.2) is 0 Å². The number of halogens is 3. The van der Waals surface area contributed by atoms with Crippen LogP contribution in [0.15, 0.2) is 0 Å². The third kappa shape index (κ3) is 5.89. The lowest BCUT2D eigenvalue weighted by molar-refractivity contribution is -0.166. The first-order chi connectivity index (χ1) is 6.63. The number of hydrogen-bond acceptors (Lipinski definition) is 3. The van der Waals surface area contributed by atoms with Gasteiger partial charge in [0.25, 0.3) is 0 Å². The van der Waals surface area contributed by atoms with Crippen molar-refractivity contribution in [2.24, 2.45) is 5.73 Å². The van der Waals surface area contributed by atoms with Gasteiger partial charge in [0.1, 0.15) is 13.1 Å². The van der Waals surface area contributed by atoms with E-state index >= 15 is 0 Å². The zero-order valence-electron chi connectivity index (χ0n) is 7.91. The number of carbonyl (C=O) groups is 2. The zero-order valence-corrected chi connectivity index (χ0v) is 7.91. The molecule has 0 aromatic heterocycles. The van der Waals surface area contributed by atoms with E-state index in [2.05, 4.69) is 0 Å². The van der Waals surface area contributed by atoms with Gasteiger partial charge in [-0.1, -0.05) is 0 Å². The summed E-state index contributed by atoms with van der Waals surface area (Å²) in [6.07, 6.45) is -4.64. The molecule has 15 heavy (non-hydrogen) atoms. The number of hydrogen-bond donors (Lipinski definition) is 2. The Morgan fingerprint density at radius 1 is 1.47 bits per heavy atom. The van der Waals surface area contributed by atoms with Crippen LogP contribution in [-0.2, 0) is 9.59 Å². The Kier molecular flexibility index (Phi) is 4.53. The maximum Gasteiger partial charge on any atom is 0.406 e. The number of nitrogens with zero attached hydrogens (tertiary/aromatic N) is 1. The summed E-state index contributed by atoms with van der Waals surface area (Å²) in [4.78, 5) is 21.5. The molecule has 0 heterocycles. The van der Waals surface area contributed by atoms with Gasteiger partial charge in [0, 0.05) is 0 Å². The summed E-state index contributed by atoms with van der Waals surface area (Å²) < 4.78 is 35.9. The molecule has 0 fully saturated rings. The van der Waals surface area contributed by atoms with E-state index in [0.717, 1.165) is 0 Å². The summed E-state index contributed by atoms with van der Waals surface area (Å²) in [7, 11) is 0. The predicted octanol–water partition coefficient (Wildman–Crippen LogP) is -0.191. The quantitative estimate of drug-likeness (QED) is 0.698. The molecule has 0 aliphatic carbocycles. The molecule has 0 radical (unpaired) electrons. The molecular formula is C7H11F3N2O3. The molecule has 0 rings (SSSR count). The Morgan fingerprint density at radius 2 is 1.93 bits per heavy atom. The van der Waals surface area contributed by atoms with E-state index in [1.165, 1.54) is 6.92 Å². The average molecular weight is 228 g/mol. The van der Waals surface area contributed by atoms with Gasteiger partial charge in [-0.15, -0.1) is 0 Å². The van der Waals surface area contributed by atoms with E-state index in [-0.39, 0.29) is 4.90 Å². The van der Waals surface area contributed by atoms with Gasteiger partial charge in [-0.05, 0) is 6.92 Å². The number of alkyl halides is 3. The van der Waals surface area contributed by atoms with E-state index in [0.29, 0.717) is 0 Å². The number of carboxylic acid groups (broad SMARTS) is 1. The van der Waals surface area contributed by atoms with Gasteiger partial charge in [-0.2, -0.15) is 13.2 Å². The largest absolute Gasteiger partial charge is 0.480 e. The van der Waals surface area contributed by atoms with Crippen LogP contribution < -0.4 is 5.73 Å². The van der Waals surface area contributed by atoms with E-state index in [4.69, 9.17) is 10.8 Å². The summed E-state index contributed by atoms with van der Waals surface area (Å²) in [6.45, 7) is -1.44. The molecule has 0 unspecified atom stereocenters. The van der Waals surface area contributed by atoms with Crippen LogP contribution in [-0.4, -0.2) is 47.2 Å². The van der Waals surface area contributed by atoms with E-state index in [1.54, 1.807) is 0 Å². The van der Waals surface area contributed by atoms with Crippen LogP contribution in [0.2, 0.25) is 0 Å². The molecule has 0 saturated heterocycles. The minimum absolute atomic E-state index is 0.160. The molecule has 0 aromatic rings. The molecule has 1 amide bonds. The normalized spacial score (nSPS) is 13.4. The van der Waals surface area contributed by atoms with Crippen molar-refractivity contribution in [2.45, 2.75) is 19.1 Å². The Hall–Kier alpha value is -1.31. The second kappa shape index (κ2) is 4.96. The fourth-order valence-corrected chi connectivity index (χ4v) is 0.879. The minimum atomic E-state index is -4.64. The highest BCUT2D eigenvalue weighted by Gasteiger charge is 2.34. The van der Waals surface area contributed by atoms with Crippen molar-refractivity contribution in [1.29, 1.82) is 0 Å². The van der Waals surface area contributed by atoms with Crippen molar-refractivity contribution in [3.63, 3.8) is 0 Å². The minimum Gasteiger partial charge on any atom is -0.480 e. The van der Waals surface area contributed by atoms with Crippen molar-refractivity contribution in [1.82, 2.24) is 4.90 Å². The highest BCUT2D eigenvalue weighted by molar-refractivity contribution is 5.84. The SMILES string of the molecule is C[C@H](N)C(=O)N(CC(=O)O)CC(F)(F)F. The van der Waals surface area contributed by atoms with Crippen LogP contribution in [0, 0.1) is 0 Å². The summed E-state index contributed by atoms with van der Waals surface area (Å²) >= 11 is 0. The van der Waals surface area contributed by atoms with Crippen molar-refractivity contribution in [2.75, 3.05) is 13.1 Å². The topological polar surface area (TPSA) is 83.6 Å². The van der Waals surface area contributed by atoms with Crippen LogP contribution >= 0.6 is 0 Å². The Balaban J connectivity index is 4.59. The number of carboxylic acids is 1. The molecule has 0 saturated carbocycles. The Morgan fingerprint density at radius 3 is 2.20 bits per heavy atom. The Bertz CT molecular complexity index is 252. The number of carbonyl (C=O) groups excluding carboxylic acids is 1. The second-order valence-corrected chi connectivity index (χ2v) is 2.99. The van der Waals surface area contributed by atoms with Crippen molar-refractivity contribution in [3.8, 4) is 0 Å². The molecule has 88 valence electrons. The summed E-state index contributed by atoms with van der Waals surface area (Å²) in [5.41, 5.74) is 5.08. The summed E-state index contributed by atoms with van der Waals surface area (Å²) in [5.74, 6) is -2.57. The lowest BCUT2D eigenvalue weighted by atomic mass is 10.3. The number of amides is 1. The van der Waals surface area contributed by atoms with E-state index in [1.807, 2.05) is 0 Å². The van der Waals surface area contributed by atoms with Crippen molar-refractivity contribution >= 4 is 11.9 Å². The third-order valence-corrected chi connectivity index (χ3v) is 1.40. The molecule has 0 bridgehead atoms. The lowest BCUT2D eigenvalue weighted by Gasteiger charge is -2.23. The highest BCUT2D eigenvalue weighted by atomic mass is 19.4. The fourth-order valence-electron chi connectivity index (χ4n) is 0.879. The smallest absolute Gasteiger partial charge is 0.406 e. The molecule has 5 nitrogen and oxygen atoms in total. The van der Waals surface area contributed by atoms with Gasteiger partial charge in [0.15, 0.2) is 0 Å². The average Bonchev–Trinajstić information content (AvgIpc) is 1.97. The number of rotatable bonds is 4. The molecule has 0 aliphatic heterocycles. The predicted molar refractivity (Wildman–Crippen MR) is 43.9 cm³/mol. The van der Waals surface area contributed by atoms with Crippen LogP contribution in [0.5, 0.6) is 0 Å². The van der Waals surface area contributed by atoms with Crippen LogP contribution in [0.1, 0.15) is 6.92 Å². The molecule has 3 N–H and O–H groups in total. The van der Waals surface area contributed by atoms with Gasteiger partial charge in [0.2, 0.25) is 5.91 Å². The molecule has 0 aliphatic rings. The third-order valence-electron chi connectivity index (χ3n) is 1.40. The number of aliphatic carboxylic acids is 1. The van der Waals surface area contributed by atoms with Gasteiger partial charge in [-0.3, -0.25) is 9.59 Å². The zero-order chi connectivity index (χ0) is 12.2. The fraction of sp³-hybridized carbons (Fsp3) is 0.714. The van der Waals surface area contributed by atoms with Crippen molar-refractivity contribution in [3.05, 3.63) is 0 Å². The van der Waals surface area contributed by atoms with Crippen LogP contribution in [0.25, 0.3) is 0 Å². The first kappa shape index (κ1) is 13.7. The summed E-state index contributed by atoms with van der Waals surface area (Å²) in [5, 5.41) is 8.31. The first-order valence-electron chi connectivity index (χ1n) is 3.96. The maximum atomic E-state index is 12.0. The first-order valence-corrected chi connectivity index (χ1v) is 3.96. The standard InChI is InChI=1S/C7H11F3N2O3/c1-4(11)6(15)12(2-5(13)14)3-7(8,9)10/h4H,2-3,11H2,1H3,(H,13,14)/t4-/m0/s1. The van der Waals surface area contributed by atoms with Gasteiger partial charge in [0.05, 0.1) is 6.04 Å². The lowest BCUT2D eigenvalue weighted by Crippen LogP contribution is -2.48. The van der Waals surface area contributed by atoms with Gasteiger partial charge < -0.3 is 15.7 Å². The van der Waals surface area contributed by atoms with E-state index in [9.17, 15) is 22.8 Å². The van der Waals surface area contributed by atoms with Crippen molar-refractivity contribution < 1.29 is 27.9 Å². The summed E-state index contributed by atoms with van der Waals surface area (Å²) in [6, 6.07) is -1.16. The van der Waals surface area contributed by atoms with Crippen LogP contribution in [0.4, 0.5) is 13.2 Å². The molecule has 0 aromatic carbocycles. The van der Waals surface area contributed by atoms with Crippen LogP contribution in [0.3, 0.4) is 0 Å². The Labute approximate surface area is 83.6 Å². The molecule has 1 atom stereocenters. The monoisotopic (exact) mass is 228 g/mol. The molecule has 8 heteroatoms.